The third-order valence-corrected chi connectivity index (χ3v) is 4.07. The Bertz CT molecular complexity index is 164. The van der Waals surface area contributed by atoms with Crippen molar-refractivity contribution in [3.8, 4) is 0 Å². The van der Waals surface area contributed by atoms with Crippen molar-refractivity contribution in [2.45, 2.75) is 27.2 Å². The van der Waals surface area contributed by atoms with Crippen LogP contribution in [0.25, 0.3) is 0 Å². The van der Waals surface area contributed by atoms with Crippen molar-refractivity contribution in [3.05, 3.63) is 0 Å². The van der Waals surface area contributed by atoms with Gasteiger partial charge in [-0.05, 0) is 30.2 Å². The lowest BCUT2D eigenvalue weighted by Crippen LogP contribution is -2.33. The van der Waals surface area contributed by atoms with Gasteiger partial charge in [0, 0.05) is 13.1 Å². The Hall–Kier alpha value is -0.0400. The molecule has 2 fully saturated rings. The summed E-state index contributed by atoms with van der Waals surface area (Å²) in [6, 6.07) is 0. The van der Waals surface area contributed by atoms with E-state index in [1.54, 1.807) is 0 Å². The Morgan fingerprint density at radius 3 is 2.45 bits per heavy atom. The van der Waals surface area contributed by atoms with E-state index < -0.39 is 0 Å². The summed E-state index contributed by atoms with van der Waals surface area (Å²) in [5, 5.41) is 0. The standard InChI is InChI=1S/C10H19N/c1-8(2)10-4-5-11(7-10)6-9(10)3/h8-9H,4-7H2,1-3H3. The highest BCUT2D eigenvalue weighted by Gasteiger charge is 2.50. The van der Waals surface area contributed by atoms with E-state index in [1.165, 1.54) is 26.1 Å². The Labute approximate surface area is 69.8 Å². The summed E-state index contributed by atoms with van der Waals surface area (Å²) in [6.07, 6.45) is 1.45. The molecule has 0 aromatic heterocycles. The zero-order valence-electron chi connectivity index (χ0n) is 7.93. The molecule has 0 saturated carbocycles. The third-order valence-electron chi connectivity index (χ3n) is 4.07. The second kappa shape index (κ2) is 2.22. The van der Waals surface area contributed by atoms with Crippen LogP contribution in [0.5, 0.6) is 0 Å². The second-order valence-electron chi connectivity index (χ2n) is 4.77. The number of fused-ring (bicyclic) bond motifs is 2. The summed E-state index contributed by atoms with van der Waals surface area (Å²) in [4.78, 5) is 2.63. The van der Waals surface area contributed by atoms with Crippen LogP contribution in [0.1, 0.15) is 27.2 Å². The first-order valence-corrected chi connectivity index (χ1v) is 4.87. The van der Waals surface area contributed by atoms with E-state index in [0.717, 1.165) is 11.8 Å². The number of hydrogen-bond donors (Lipinski definition) is 0. The molecule has 0 N–H and O–H groups in total. The lowest BCUT2D eigenvalue weighted by atomic mass is 9.69. The molecule has 0 aromatic rings. The highest BCUT2D eigenvalue weighted by atomic mass is 15.2. The van der Waals surface area contributed by atoms with Crippen LogP contribution in [0.15, 0.2) is 0 Å². The fourth-order valence-corrected chi connectivity index (χ4v) is 3.11. The van der Waals surface area contributed by atoms with Crippen LogP contribution in [0.3, 0.4) is 0 Å². The summed E-state index contributed by atoms with van der Waals surface area (Å²) in [6.45, 7) is 11.3. The molecule has 2 bridgehead atoms. The maximum Gasteiger partial charge on any atom is 0.00441 e. The molecule has 64 valence electrons. The Balaban J connectivity index is 2.22. The van der Waals surface area contributed by atoms with Crippen LogP contribution in [0, 0.1) is 17.3 Å². The molecule has 2 saturated heterocycles. The molecule has 0 radical (unpaired) electrons. The van der Waals surface area contributed by atoms with Gasteiger partial charge < -0.3 is 4.90 Å². The predicted octanol–water partition coefficient (Wildman–Crippen LogP) is 1.98. The zero-order chi connectivity index (χ0) is 8.06. The minimum atomic E-state index is 0.694. The number of piperidine rings is 1. The van der Waals surface area contributed by atoms with Gasteiger partial charge in [0.1, 0.15) is 0 Å². The SMILES string of the molecule is CC(C)C12CCN(CC1C)C2. The smallest absolute Gasteiger partial charge is 0.00441 e. The van der Waals surface area contributed by atoms with E-state index in [9.17, 15) is 0 Å². The van der Waals surface area contributed by atoms with Crippen molar-refractivity contribution < 1.29 is 0 Å². The first-order valence-electron chi connectivity index (χ1n) is 4.87. The molecular formula is C10H19N. The van der Waals surface area contributed by atoms with E-state index in [2.05, 4.69) is 25.7 Å². The van der Waals surface area contributed by atoms with Gasteiger partial charge >= 0.3 is 0 Å². The fourth-order valence-electron chi connectivity index (χ4n) is 3.11. The van der Waals surface area contributed by atoms with E-state index in [1.807, 2.05) is 0 Å². The van der Waals surface area contributed by atoms with Crippen molar-refractivity contribution in [3.63, 3.8) is 0 Å². The highest BCUT2D eigenvalue weighted by molar-refractivity contribution is 5.02. The molecule has 1 nitrogen and oxygen atoms in total. The van der Waals surface area contributed by atoms with Gasteiger partial charge in [0.05, 0.1) is 0 Å². The normalized spacial score (nSPS) is 49.1. The lowest BCUT2D eigenvalue weighted by molar-refractivity contribution is 0.151. The van der Waals surface area contributed by atoms with Crippen LogP contribution in [-0.4, -0.2) is 24.5 Å². The summed E-state index contributed by atoms with van der Waals surface area (Å²) < 4.78 is 0. The second-order valence-corrected chi connectivity index (χ2v) is 4.77. The third kappa shape index (κ3) is 0.868. The van der Waals surface area contributed by atoms with Gasteiger partial charge in [-0.25, -0.2) is 0 Å². The van der Waals surface area contributed by atoms with Crippen LogP contribution in [-0.2, 0) is 0 Å². The van der Waals surface area contributed by atoms with Gasteiger partial charge in [-0.2, -0.15) is 0 Å². The number of rotatable bonds is 1. The minimum Gasteiger partial charge on any atom is -0.302 e. The summed E-state index contributed by atoms with van der Waals surface area (Å²) in [5.74, 6) is 1.82. The number of hydrogen-bond acceptors (Lipinski definition) is 1. The van der Waals surface area contributed by atoms with Crippen molar-refractivity contribution in [1.29, 1.82) is 0 Å². The number of nitrogens with zero attached hydrogens (tertiary/aromatic N) is 1. The first-order chi connectivity index (χ1) is 5.15. The molecule has 2 rings (SSSR count). The first kappa shape index (κ1) is 7.60. The summed E-state index contributed by atoms with van der Waals surface area (Å²) in [7, 11) is 0. The quantitative estimate of drug-likeness (QED) is 0.557. The Morgan fingerprint density at radius 2 is 2.18 bits per heavy atom. The van der Waals surface area contributed by atoms with Gasteiger partial charge in [0.2, 0.25) is 0 Å². The van der Waals surface area contributed by atoms with Crippen molar-refractivity contribution in [2.24, 2.45) is 17.3 Å². The summed E-state index contributed by atoms with van der Waals surface area (Å²) in [5.41, 5.74) is 0.694. The lowest BCUT2D eigenvalue weighted by Gasteiger charge is -2.35. The van der Waals surface area contributed by atoms with Crippen molar-refractivity contribution in [1.82, 2.24) is 4.90 Å². The van der Waals surface area contributed by atoms with Crippen LogP contribution in [0.2, 0.25) is 0 Å². The average molecular weight is 153 g/mol. The van der Waals surface area contributed by atoms with Gasteiger partial charge in [-0.3, -0.25) is 0 Å². The molecule has 3 unspecified atom stereocenters. The van der Waals surface area contributed by atoms with Gasteiger partial charge in [-0.15, -0.1) is 0 Å². The summed E-state index contributed by atoms with van der Waals surface area (Å²) >= 11 is 0. The maximum atomic E-state index is 2.63. The van der Waals surface area contributed by atoms with Gasteiger partial charge in [0.25, 0.3) is 0 Å². The maximum absolute atomic E-state index is 2.63. The molecule has 11 heavy (non-hydrogen) atoms. The zero-order valence-corrected chi connectivity index (χ0v) is 7.93. The minimum absolute atomic E-state index is 0.694. The van der Waals surface area contributed by atoms with Crippen LogP contribution < -0.4 is 0 Å². The molecular weight excluding hydrogens is 134 g/mol. The molecule has 0 amide bonds. The molecule has 0 aliphatic carbocycles. The molecule has 0 spiro atoms. The molecule has 0 aromatic carbocycles. The monoisotopic (exact) mass is 153 g/mol. The van der Waals surface area contributed by atoms with E-state index in [4.69, 9.17) is 0 Å². The van der Waals surface area contributed by atoms with Crippen molar-refractivity contribution in [2.75, 3.05) is 19.6 Å². The molecule has 2 heterocycles. The molecule has 2 aliphatic rings. The molecule has 3 atom stereocenters. The Morgan fingerprint density at radius 1 is 1.45 bits per heavy atom. The van der Waals surface area contributed by atoms with Gasteiger partial charge in [0.15, 0.2) is 0 Å². The molecule has 2 aliphatic heterocycles. The van der Waals surface area contributed by atoms with Gasteiger partial charge in [-0.1, -0.05) is 20.8 Å². The largest absolute Gasteiger partial charge is 0.302 e. The molecule has 1 heteroatoms. The highest BCUT2D eigenvalue weighted by Crippen LogP contribution is 2.49. The average Bonchev–Trinajstić information content (AvgIpc) is 2.43. The van der Waals surface area contributed by atoms with E-state index in [-0.39, 0.29) is 0 Å². The van der Waals surface area contributed by atoms with Crippen LogP contribution in [0.4, 0.5) is 0 Å². The van der Waals surface area contributed by atoms with E-state index >= 15 is 0 Å². The fraction of sp³-hybridized carbons (Fsp3) is 1.00. The topological polar surface area (TPSA) is 3.24 Å². The van der Waals surface area contributed by atoms with E-state index in [0.29, 0.717) is 5.41 Å². The van der Waals surface area contributed by atoms with Crippen LogP contribution >= 0.6 is 0 Å². The predicted molar refractivity (Wildman–Crippen MR) is 47.5 cm³/mol. The van der Waals surface area contributed by atoms with Crippen molar-refractivity contribution >= 4 is 0 Å². The Kier molecular flexibility index (Phi) is 1.54.